The van der Waals surface area contributed by atoms with Crippen LogP contribution in [-0.4, -0.2) is 40.7 Å². The summed E-state index contributed by atoms with van der Waals surface area (Å²) >= 11 is 0. The molecule has 118 valence electrons. The van der Waals surface area contributed by atoms with E-state index in [-0.39, 0.29) is 12.7 Å². The van der Waals surface area contributed by atoms with E-state index in [1.165, 1.54) is 6.33 Å². The van der Waals surface area contributed by atoms with E-state index in [1.54, 1.807) is 6.07 Å². The summed E-state index contributed by atoms with van der Waals surface area (Å²) in [6.45, 7) is 1.84. The van der Waals surface area contributed by atoms with E-state index >= 15 is 0 Å². The molecule has 1 aromatic carbocycles. The second kappa shape index (κ2) is 5.75. The van der Waals surface area contributed by atoms with Crippen LogP contribution in [0.2, 0.25) is 0 Å². The molecule has 0 bridgehead atoms. The molecule has 4 rings (SSSR count). The number of carbonyl (C=O) groups is 1. The number of anilines is 2. The maximum absolute atomic E-state index is 12.4. The van der Waals surface area contributed by atoms with Crippen LogP contribution in [0.25, 0.3) is 0 Å². The average Bonchev–Trinajstić information content (AvgIpc) is 3.25. The highest BCUT2D eigenvalue weighted by atomic mass is 16.7. The van der Waals surface area contributed by atoms with E-state index in [1.807, 2.05) is 23.1 Å². The molecule has 7 nitrogen and oxygen atoms in total. The lowest BCUT2D eigenvalue weighted by Gasteiger charge is -2.14. The van der Waals surface area contributed by atoms with E-state index in [4.69, 9.17) is 9.47 Å². The molecule has 23 heavy (non-hydrogen) atoms. The maximum Gasteiger partial charge on any atom is 0.272 e. The first-order valence-electron chi connectivity index (χ1n) is 7.57. The highest BCUT2D eigenvalue weighted by Gasteiger charge is 2.21. The van der Waals surface area contributed by atoms with Gasteiger partial charge in [0.05, 0.1) is 0 Å². The highest BCUT2D eigenvalue weighted by Crippen LogP contribution is 2.34. The number of ether oxygens (including phenoxy) is 2. The van der Waals surface area contributed by atoms with Gasteiger partial charge in [-0.1, -0.05) is 0 Å². The Morgan fingerprint density at radius 2 is 1.91 bits per heavy atom. The van der Waals surface area contributed by atoms with Gasteiger partial charge in [0.25, 0.3) is 5.91 Å². The van der Waals surface area contributed by atoms with Crippen molar-refractivity contribution >= 4 is 17.4 Å². The molecule has 0 radical (unpaired) electrons. The third-order valence-corrected chi connectivity index (χ3v) is 3.92. The van der Waals surface area contributed by atoms with Crippen molar-refractivity contribution in [3.63, 3.8) is 0 Å². The first-order valence-corrected chi connectivity index (χ1v) is 7.57. The minimum atomic E-state index is -0.0429. The van der Waals surface area contributed by atoms with Gasteiger partial charge >= 0.3 is 0 Å². The topological polar surface area (TPSA) is 76.6 Å². The van der Waals surface area contributed by atoms with E-state index in [2.05, 4.69) is 15.3 Å². The minimum Gasteiger partial charge on any atom is -0.454 e. The van der Waals surface area contributed by atoms with Crippen molar-refractivity contribution in [2.45, 2.75) is 12.8 Å². The van der Waals surface area contributed by atoms with Crippen molar-refractivity contribution in [2.24, 2.45) is 0 Å². The van der Waals surface area contributed by atoms with Crippen molar-refractivity contribution < 1.29 is 14.3 Å². The summed E-state index contributed by atoms with van der Waals surface area (Å²) in [6.07, 6.45) is 3.51. The van der Waals surface area contributed by atoms with Crippen LogP contribution in [0.1, 0.15) is 23.3 Å². The lowest BCUT2D eigenvalue weighted by atomic mass is 10.2. The molecule has 1 amide bonds. The average molecular weight is 312 g/mol. The van der Waals surface area contributed by atoms with E-state index < -0.39 is 0 Å². The summed E-state index contributed by atoms with van der Waals surface area (Å²) in [5.74, 6) is 1.95. The third kappa shape index (κ3) is 2.77. The summed E-state index contributed by atoms with van der Waals surface area (Å²) in [5.41, 5.74) is 1.22. The number of fused-ring (bicyclic) bond motifs is 1. The van der Waals surface area contributed by atoms with Crippen LogP contribution in [0.5, 0.6) is 11.5 Å². The molecule has 0 saturated carbocycles. The standard InChI is InChI=1S/C16H16N4O3/c21-16(20-5-1-2-6-20)12-8-15(18-9-17-12)19-11-3-4-13-14(7-11)23-10-22-13/h3-4,7-9H,1-2,5-6,10H2,(H,17,18,19). The van der Waals surface area contributed by atoms with Gasteiger partial charge in [0.2, 0.25) is 6.79 Å². The number of rotatable bonds is 3. The Bertz CT molecular complexity index is 744. The smallest absolute Gasteiger partial charge is 0.272 e. The van der Waals surface area contributed by atoms with E-state index in [0.29, 0.717) is 17.3 Å². The van der Waals surface area contributed by atoms with Gasteiger partial charge in [-0.2, -0.15) is 0 Å². The number of nitrogens with one attached hydrogen (secondary N) is 1. The predicted octanol–water partition coefficient (Wildman–Crippen LogP) is 2.18. The number of hydrogen-bond donors (Lipinski definition) is 1. The molecule has 1 saturated heterocycles. The fraction of sp³-hybridized carbons (Fsp3) is 0.312. The molecule has 0 unspecified atom stereocenters. The Morgan fingerprint density at radius 1 is 1.09 bits per heavy atom. The molecule has 0 aliphatic carbocycles. The Kier molecular flexibility index (Phi) is 3.45. The van der Waals surface area contributed by atoms with Crippen molar-refractivity contribution in [1.82, 2.24) is 14.9 Å². The summed E-state index contributed by atoms with van der Waals surface area (Å²) in [5, 5.41) is 3.16. The van der Waals surface area contributed by atoms with Crippen LogP contribution in [0.4, 0.5) is 11.5 Å². The van der Waals surface area contributed by atoms with Crippen LogP contribution in [0, 0.1) is 0 Å². The van der Waals surface area contributed by atoms with Crippen LogP contribution in [0.15, 0.2) is 30.6 Å². The highest BCUT2D eigenvalue weighted by molar-refractivity contribution is 5.93. The van der Waals surface area contributed by atoms with Gasteiger partial charge in [-0.15, -0.1) is 0 Å². The zero-order chi connectivity index (χ0) is 15.6. The van der Waals surface area contributed by atoms with E-state index in [0.717, 1.165) is 37.4 Å². The lowest BCUT2D eigenvalue weighted by Crippen LogP contribution is -2.28. The molecule has 1 aromatic heterocycles. The van der Waals surface area contributed by atoms with Gasteiger partial charge in [-0.25, -0.2) is 9.97 Å². The van der Waals surface area contributed by atoms with Crippen LogP contribution in [0.3, 0.4) is 0 Å². The summed E-state index contributed by atoms with van der Waals surface area (Å²) < 4.78 is 10.6. The lowest BCUT2D eigenvalue weighted by molar-refractivity contribution is 0.0787. The number of aromatic nitrogens is 2. The first-order chi connectivity index (χ1) is 11.3. The number of likely N-dealkylation sites (tertiary alicyclic amines) is 1. The van der Waals surface area contributed by atoms with Crippen molar-refractivity contribution in [2.75, 3.05) is 25.2 Å². The molecule has 2 aliphatic heterocycles. The van der Waals surface area contributed by atoms with Crippen LogP contribution < -0.4 is 14.8 Å². The monoisotopic (exact) mass is 312 g/mol. The van der Waals surface area contributed by atoms with Crippen molar-refractivity contribution in [3.8, 4) is 11.5 Å². The normalized spacial score (nSPS) is 15.7. The van der Waals surface area contributed by atoms with Crippen molar-refractivity contribution in [1.29, 1.82) is 0 Å². The fourth-order valence-electron chi connectivity index (χ4n) is 2.75. The Labute approximate surface area is 133 Å². The molecule has 3 heterocycles. The molecule has 0 spiro atoms. The second-order valence-corrected chi connectivity index (χ2v) is 5.48. The van der Waals surface area contributed by atoms with Crippen LogP contribution >= 0.6 is 0 Å². The molecule has 2 aromatic rings. The number of amides is 1. The zero-order valence-corrected chi connectivity index (χ0v) is 12.5. The molecule has 2 aliphatic rings. The summed E-state index contributed by atoms with van der Waals surface area (Å²) in [7, 11) is 0. The molecule has 7 heteroatoms. The van der Waals surface area contributed by atoms with Gasteiger partial charge in [0.15, 0.2) is 11.5 Å². The summed E-state index contributed by atoms with van der Waals surface area (Å²) in [4.78, 5) is 22.5. The number of carbonyl (C=O) groups excluding carboxylic acids is 1. The maximum atomic E-state index is 12.4. The third-order valence-electron chi connectivity index (χ3n) is 3.92. The Morgan fingerprint density at radius 3 is 2.78 bits per heavy atom. The van der Waals surface area contributed by atoms with Gasteiger partial charge in [-0.05, 0) is 25.0 Å². The Balaban J connectivity index is 1.53. The number of nitrogens with zero attached hydrogens (tertiary/aromatic N) is 3. The largest absolute Gasteiger partial charge is 0.454 e. The van der Waals surface area contributed by atoms with Gasteiger partial charge in [-0.3, -0.25) is 4.79 Å². The Hall–Kier alpha value is -2.83. The van der Waals surface area contributed by atoms with Crippen molar-refractivity contribution in [3.05, 3.63) is 36.3 Å². The van der Waals surface area contributed by atoms with E-state index in [9.17, 15) is 4.79 Å². The number of hydrogen-bond acceptors (Lipinski definition) is 6. The van der Waals surface area contributed by atoms with Gasteiger partial charge in [0, 0.05) is 30.9 Å². The zero-order valence-electron chi connectivity index (χ0n) is 12.5. The SMILES string of the molecule is O=C(c1cc(Nc2ccc3c(c2)OCO3)ncn1)N1CCCC1. The van der Waals surface area contributed by atoms with Gasteiger partial charge in [0.1, 0.15) is 17.8 Å². The molecule has 1 N–H and O–H groups in total. The summed E-state index contributed by atoms with van der Waals surface area (Å²) in [6, 6.07) is 7.22. The van der Waals surface area contributed by atoms with Gasteiger partial charge < -0.3 is 19.7 Å². The molecule has 1 fully saturated rings. The number of benzene rings is 1. The fourth-order valence-corrected chi connectivity index (χ4v) is 2.75. The molecule has 0 atom stereocenters. The van der Waals surface area contributed by atoms with Crippen LogP contribution in [-0.2, 0) is 0 Å². The minimum absolute atomic E-state index is 0.0429. The molecular formula is C16H16N4O3. The first kappa shape index (κ1) is 13.8. The predicted molar refractivity (Wildman–Crippen MR) is 83.0 cm³/mol. The second-order valence-electron chi connectivity index (χ2n) is 5.48. The molecular weight excluding hydrogens is 296 g/mol. The quantitative estimate of drug-likeness (QED) is 0.936.